The summed E-state index contributed by atoms with van der Waals surface area (Å²) in [6, 6.07) is 4.78. The first-order valence-electron chi connectivity index (χ1n) is 3.73. The van der Waals surface area contributed by atoms with Crippen LogP contribution in [0.3, 0.4) is 0 Å². The standard InChI is InChI=1S/C8H5ClN2O4/c9-8(10-13)7(12)5-1-3-6(4-2-5)11(14)15/h1-4,13H. The second-order valence-corrected chi connectivity index (χ2v) is 2.88. The lowest BCUT2D eigenvalue weighted by Crippen LogP contribution is -2.07. The summed E-state index contributed by atoms with van der Waals surface area (Å²) in [5.74, 6) is -0.700. The van der Waals surface area contributed by atoms with Crippen LogP contribution >= 0.6 is 11.6 Å². The van der Waals surface area contributed by atoms with Crippen LogP contribution in [0.25, 0.3) is 0 Å². The lowest BCUT2D eigenvalue weighted by Gasteiger charge is -1.96. The molecule has 0 aliphatic carbocycles. The van der Waals surface area contributed by atoms with E-state index in [1.54, 1.807) is 0 Å². The Morgan fingerprint density at radius 2 is 1.93 bits per heavy atom. The molecule has 0 spiro atoms. The zero-order chi connectivity index (χ0) is 11.4. The van der Waals surface area contributed by atoms with Gasteiger partial charge in [-0.15, -0.1) is 0 Å². The number of nitrogens with zero attached hydrogens (tertiary/aromatic N) is 2. The van der Waals surface area contributed by atoms with E-state index in [1.165, 1.54) is 12.1 Å². The number of carbonyl (C=O) groups is 1. The van der Waals surface area contributed by atoms with Crippen LogP contribution in [-0.4, -0.2) is 21.1 Å². The van der Waals surface area contributed by atoms with E-state index in [9.17, 15) is 14.9 Å². The average Bonchev–Trinajstić information content (AvgIpc) is 2.27. The van der Waals surface area contributed by atoms with E-state index in [0.717, 1.165) is 12.1 Å². The summed E-state index contributed by atoms with van der Waals surface area (Å²) in [7, 11) is 0. The number of rotatable bonds is 3. The molecule has 0 aliphatic heterocycles. The van der Waals surface area contributed by atoms with Crippen molar-refractivity contribution >= 4 is 28.2 Å². The summed E-state index contributed by atoms with van der Waals surface area (Å²) in [5, 5.41) is 20.5. The largest absolute Gasteiger partial charge is 0.410 e. The lowest BCUT2D eigenvalue weighted by molar-refractivity contribution is -0.384. The van der Waals surface area contributed by atoms with Gasteiger partial charge in [0.25, 0.3) is 5.69 Å². The second kappa shape index (κ2) is 4.52. The van der Waals surface area contributed by atoms with Crippen LogP contribution in [0.15, 0.2) is 29.4 Å². The predicted octanol–water partition coefficient (Wildman–Crippen LogP) is 1.80. The van der Waals surface area contributed by atoms with Crippen molar-refractivity contribution in [2.24, 2.45) is 5.16 Å². The molecule has 1 aromatic carbocycles. The third-order valence-electron chi connectivity index (χ3n) is 1.62. The zero-order valence-electron chi connectivity index (χ0n) is 7.25. The van der Waals surface area contributed by atoms with E-state index >= 15 is 0 Å². The molecule has 0 fully saturated rings. The Bertz CT molecular complexity index is 427. The quantitative estimate of drug-likeness (QED) is 0.281. The Labute approximate surface area is 88.9 Å². The molecule has 1 aromatic rings. The van der Waals surface area contributed by atoms with Crippen LogP contribution in [0.1, 0.15) is 10.4 Å². The van der Waals surface area contributed by atoms with Gasteiger partial charge in [-0.2, -0.15) is 0 Å². The third kappa shape index (κ3) is 2.50. The summed E-state index contributed by atoms with van der Waals surface area (Å²) >= 11 is 5.27. The molecule has 1 rings (SSSR count). The molecule has 78 valence electrons. The fourth-order valence-electron chi connectivity index (χ4n) is 0.899. The van der Waals surface area contributed by atoms with Crippen LogP contribution in [0, 0.1) is 10.1 Å². The average molecular weight is 229 g/mol. The van der Waals surface area contributed by atoms with Crippen LogP contribution in [0.5, 0.6) is 0 Å². The number of nitro groups is 1. The topological polar surface area (TPSA) is 92.8 Å². The molecule has 0 aliphatic rings. The number of hydrogen-bond acceptors (Lipinski definition) is 5. The highest BCUT2D eigenvalue weighted by atomic mass is 35.5. The molecule has 0 bridgehead atoms. The van der Waals surface area contributed by atoms with E-state index in [4.69, 9.17) is 16.8 Å². The third-order valence-corrected chi connectivity index (χ3v) is 1.86. The highest BCUT2D eigenvalue weighted by Gasteiger charge is 2.13. The molecule has 0 aromatic heterocycles. The second-order valence-electron chi connectivity index (χ2n) is 2.52. The molecular formula is C8H5ClN2O4. The van der Waals surface area contributed by atoms with Gasteiger partial charge in [-0.25, -0.2) is 0 Å². The van der Waals surface area contributed by atoms with Crippen LogP contribution in [0.2, 0.25) is 0 Å². The Kier molecular flexibility index (Phi) is 3.35. The van der Waals surface area contributed by atoms with E-state index in [-0.39, 0.29) is 11.3 Å². The van der Waals surface area contributed by atoms with Crippen LogP contribution < -0.4 is 0 Å². The number of ketones is 1. The van der Waals surface area contributed by atoms with E-state index < -0.39 is 15.9 Å². The first-order valence-corrected chi connectivity index (χ1v) is 4.10. The highest BCUT2D eigenvalue weighted by molar-refractivity contribution is 6.84. The Morgan fingerprint density at radius 1 is 1.40 bits per heavy atom. The Morgan fingerprint density at radius 3 is 2.33 bits per heavy atom. The van der Waals surface area contributed by atoms with Crippen molar-refractivity contribution in [1.82, 2.24) is 0 Å². The number of oxime groups is 1. The van der Waals surface area contributed by atoms with Gasteiger partial charge in [0, 0.05) is 17.7 Å². The number of hydrogen-bond donors (Lipinski definition) is 1. The minimum absolute atomic E-state index is 0.114. The lowest BCUT2D eigenvalue weighted by atomic mass is 10.1. The molecule has 0 radical (unpaired) electrons. The van der Waals surface area contributed by atoms with Crippen molar-refractivity contribution in [3.63, 3.8) is 0 Å². The molecule has 0 unspecified atom stereocenters. The summed E-state index contributed by atoms with van der Waals surface area (Å²) in [5.41, 5.74) is -0.0213. The van der Waals surface area contributed by atoms with Gasteiger partial charge in [0.1, 0.15) is 0 Å². The Balaban J connectivity index is 2.99. The van der Waals surface area contributed by atoms with Crippen molar-refractivity contribution in [1.29, 1.82) is 0 Å². The minimum Gasteiger partial charge on any atom is -0.410 e. The van der Waals surface area contributed by atoms with Gasteiger partial charge in [0.05, 0.1) is 4.92 Å². The molecular weight excluding hydrogens is 224 g/mol. The first-order chi connectivity index (χ1) is 7.06. The van der Waals surface area contributed by atoms with Gasteiger partial charge >= 0.3 is 0 Å². The molecule has 7 heteroatoms. The van der Waals surface area contributed by atoms with Gasteiger partial charge < -0.3 is 5.21 Å². The normalized spacial score (nSPS) is 11.1. The summed E-state index contributed by atoms with van der Waals surface area (Å²) < 4.78 is 0. The Hall–Kier alpha value is -1.95. The van der Waals surface area contributed by atoms with Crippen molar-refractivity contribution in [2.45, 2.75) is 0 Å². The fourth-order valence-corrected chi connectivity index (χ4v) is 1.01. The van der Waals surface area contributed by atoms with E-state index in [2.05, 4.69) is 5.16 Å². The van der Waals surface area contributed by atoms with Gasteiger partial charge in [-0.3, -0.25) is 14.9 Å². The first kappa shape index (κ1) is 11.1. The summed E-state index contributed by atoms with van der Waals surface area (Å²) in [6.07, 6.45) is 0. The van der Waals surface area contributed by atoms with Crippen molar-refractivity contribution in [3.05, 3.63) is 39.9 Å². The zero-order valence-corrected chi connectivity index (χ0v) is 8.01. The maximum Gasteiger partial charge on any atom is 0.269 e. The SMILES string of the molecule is O=C(C(Cl)=NO)c1ccc([N+](=O)[O-])cc1. The van der Waals surface area contributed by atoms with Crippen LogP contribution in [-0.2, 0) is 0 Å². The van der Waals surface area contributed by atoms with Gasteiger partial charge in [0.2, 0.25) is 11.0 Å². The number of halogens is 1. The maximum absolute atomic E-state index is 11.3. The van der Waals surface area contributed by atoms with Gasteiger partial charge in [-0.05, 0) is 12.1 Å². The smallest absolute Gasteiger partial charge is 0.269 e. The maximum atomic E-state index is 11.3. The molecule has 1 N–H and O–H groups in total. The summed E-state index contributed by atoms with van der Waals surface area (Å²) in [4.78, 5) is 21.0. The van der Waals surface area contributed by atoms with Crippen molar-refractivity contribution < 1.29 is 14.9 Å². The number of benzene rings is 1. The van der Waals surface area contributed by atoms with E-state index in [0.29, 0.717) is 0 Å². The van der Waals surface area contributed by atoms with Gasteiger partial charge in [0.15, 0.2) is 0 Å². The predicted molar refractivity (Wildman–Crippen MR) is 52.5 cm³/mol. The molecule has 6 nitrogen and oxygen atoms in total. The van der Waals surface area contributed by atoms with Crippen molar-refractivity contribution in [2.75, 3.05) is 0 Å². The van der Waals surface area contributed by atoms with Crippen molar-refractivity contribution in [3.8, 4) is 0 Å². The molecule has 0 saturated carbocycles. The summed E-state index contributed by atoms with van der Waals surface area (Å²) in [6.45, 7) is 0. The molecule has 15 heavy (non-hydrogen) atoms. The van der Waals surface area contributed by atoms with E-state index in [1.807, 2.05) is 0 Å². The molecule has 0 saturated heterocycles. The van der Waals surface area contributed by atoms with Gasteiger partial charge in [-0.1, -0.05) is 16.8 Å². The number of nitro benzene ring substituents is 1. The van der Waals surface area contributed by atoms with Crippen LogP contribution in [0.4, 0.5) is 5.69 Å². The minimum atomic E-state index is -0.700. The number of non-ortho nitro benzene ring substituents is 1. The molecule has 0 heterocycles. The molecule has 0 amide bonds. The number of Topliss-reactive ketones (excluding diaryl/α,β-unsaturated/α-hetero) is 1. The highest BCUT2D eigenvalue weighted by Crippen LogP contribution is 2.13. The fraction of sp³-hybridized carbons (Fsp3) is 0. The monoisotopic (exact) mass is 228 g/mol. The number of carbonyl (C=O) groups excluding carboxylic acids is 1. The molecule has 0 atom stereocenters.